The number of ketones is 3. The van der Waals surface area contributed by atoms with E-state index in [2.05, 4.69) is 0 Å². The number of aliphatic hydroxyl groups is 3. The number of hydrogen-bond donors (Lipinski definition) is 6. The second-order valence-corrected chi connectivity index (χ2v) is 9.70. The number of ether oxygens (including phenoxy) is 2. The van der Waals surface area contributed by atoms with Crippen molar-refractivity contribution >= 4 is 17.3 Å². The van der Waals surface area contributed by atoms with Crippen LogP contribution in [-0.4, -0.2) is 81.1 Å². The summed E-state index contributed by atoms with van der Waals surface area (Å²) in [4.78, 5) is 38.1. The first-order valence-corrected chi connectivity index (χ1v) is 12.3. The molecular weight excluding hydrogens is 498 g/mol. The number of aliphatic hydroxyl groups excluding tert-OH is 3. The summed E-state index contributed by atoms with van der Waals surface area (Å²) in [6, 6.07) is 4.22. The van der Waals surface area contributed by atoms with Gasteiger partial charge in [0.05, 0.1) is 36.0 Å². The molecule has 4 unspecified atom stereocenters. The highest BCUT2D eigenvalue weighted by Gasteiger charge is 2.41. The SMILES string of the molecule is CC1OC(O)C[C@H](N)C1O.COc1cccc2c1C(=O)c1c(O)c3c(c(O)c1C2=O)CC(C(=O)CO)CC3. The summed E-state index contributed by atoms with van der Waals surface area (Å²) in [6.45, 7) is 1.08. The van der Waals surface area contributed by atoms with E-state index in [1.807, 2.05) is 0 Å². The van der Waals surface area contributed by atoms with E-state index in [-0.39, 0.29) is 75.8 Å². The van der Waals surface area contributed by atoms with Crippen LogP contribution in [0.1, 0.15) is 62.7 Å². The molecule has 0 bridgehead atoms. The third-order valence-corrected chi connectivity index (χ3v) is 7.40. The zero-order valence-electron chi connectivity index (χ0n) is 21.0. The monoisotopic (exact) mass is 529 g/mol. The van der Waals surface area contributed by atoms with Crippen molar-refractivity contribution in [2.75, 3.05) is 13.7 Å². The molecule has 0 radical (unpaired) electrons. The molecule has 2 aromatic carbocycles. The van der Waals surface area contributed by atoms with Gasteiger partial charge in [0.15, 0.2) is 17.9 Å². The van der Waals surface area contributed by atoms with E-state index in [1.165, 1.54) is 13.2 Å². The average molecular weight is 530 g/mol. The number of phenols is 2. The minimum atomic E-state index is -0.812. The summed E-state index contributed by atoms with van der Waals surface area (Å²) >= 11 is 0. The van der Waals surface area contributed by atoms with Gasteiger partial charge in [-0.15, -0.1) is 0 Å². The molecule has 0 amide bonds. The summed E-state index contributed by atoms with van der Waals surface area (Å²) < 4.78 is 10.1. The van der Waals surface area contributed by atoms with Crippen molar-refractivity contribution in [1.82, 2.24) is 0 Å². The molecule has 5 atom stereocenters. The van der Waals surface area contributed by atoms with Crippen LogP contribution in [0.2, 0.25) is 0 Å². The first kappa shape index (κ1) is 27.7. The molecule has 1 saturated heterocycles. The Balaban J connectivity index is 0.000000283. The summed E-state index contributed by atoms with van der Waals surface area (Å²) in [5.74, 6) is -2.56. The van der Waals surface area contributed by atoms with Gasteiger partial charge in [-0.3, -0.25) is 14.4 Å². The molecule has 38 heavy (non-hydrogen) atoms. The molecule has 11 heteroatoms. The molecule has 2 aromatic rings. The van der Waals surface area contributed by atoms with Crippen LogP contribution in [0, 0.1) is 5.92 Å². The lowest BCUT2D eigenvalue weighted by Crippen LogP contribution is -2.51. The third kappa shape index (κ3) is 4.67. The van der Waals surface area contributed by atoms with Crippen LogP contribution in [0.4, 0.5) is 0 Å². The van der Waals surface area contributed by atoms with Gasteiger partial charge >= 0.3 is 0 Å². The smallest absolute Gasteiger partial charge is 0.202 e. The lowest BCUT2D eigenvalue weighted by Gasteiger charge is -2.33. The number of phenolic OH excluding ortho intramolecular Hbond substituents is 2. The first-order valence-electron chi connectivity index (χ1n) is 12.3. The van der Waals surface area contributed by atoms with E-state index in [4.69, 9.17) is 25.4 Å². The zero-order valence-corrected chi connectivity index (χ0v) is 21.0. The van der Waals surface area contributed by atoms with Crippen LogP contribution >= 0.6 is 0 Å². The summed E-state index contributed by atoms with van der Waals surface area (Å²) in [5.41, 5.74) is 5.77. The molecule has 0 spiro atoms. The number of Topliss-reactive ketones (excluding diaryl/α,β-unsaturated/α-hetero) is 1. The van der Waals surface area contributed by atoms with E-state index in [0.29, 0.717) is 18.4 Å². The molecule has 204 valence electrons. The van der Waals surface area contributed by atoms with Gasteiger partial charge in [0, 0.05) is 35.1 Å². The highest BCUT2D eigenvalue weighted by molar-refractivity contribution is 6.31. The highest BCUT2D eigenvalue weighted by Crippen LogP contribution is 2.47. The Kier molecular flexibility index (Phi) is 7.86. The molecule has 1 fully saturated rings. The molecule has 2 aliphatic carbocycles. The van der Waals surface area contributed by atoms with Crippen molar-refractivity contribution in [1.29, 1.82) is 0 Å². The van der Waals surface area contributed by atoms with Gasteiger partial charge in [-0.25, -0.2) is 0 Å². The molecule has 3 aliphatic rings. The third-order valence-electron chi connectivity index (χ3n) is 7.40. The minimum absolute atomic E-state index is 0.0568. The average Bonchev–Trinajstić information content (AvgIpc) is 2.91. The molecule has 0 saturated carbocycles. The number of rotatable bonds is 3. The fourth-order valence-electron chi connectivity index (χ4n) is 5.32. The van der Waals surface area contributed by atoms with Gasteiger partial charge in [-0.05, 0) is 32.3 Å². The Morgan fingerprint density at radius 3 is 2.37 bits per heavy atom. The van der Waals surface area contributed by atoms with Crippen LogP contribution < -0.4 is 10.5 Å². The lowest BCUT2D eigenvalue weighted by atomic mass is 9.75. The number of carbonyl (C=O) groups is 3. The Labute approximate surface area is 218 Å². The van der Waals surface area contributed by atoms with E-state index in [9.17, 15) is 29.7 Å². The number of methoxy groups -OCH3 is 1. The maximum absolute atomic E-state index is 13.1. The van der Waals surface area contributed by atoms with Gasteiger partial charge in [0.2, 0.25) is 5.78 Å². The van der Waals surface area contributed by atoms with Gasteiger partial charge < -0.3 is 40.7 Å². The molecular formula is C27H31NO10. The van der Waals surface area contributed by atoms with Crippen molar-refractivity contribution in [3.05, 3.63) is 51.6 Å². The first-order chi connectivity index (χ1) is 18.0. The predicted octanol–water partition coefficient (Wildman–Crippen LogP) is 0.350. The number of carbonyl (C=O) groups excluding carboxylic acids is 3. The van der Waals surface area contributed by atoms with Gasteiger partial charge in [0.1, 0.15) is 23.9 Å². The molecule has 11 nitrogen and oxygen atoms in total. The molecule has 1 aliphatic heterocycles. The fourth-order valence-corrected chi connectivity index (χ4v) is 5.32. The Morgan fingerprint density at radius 2 is 1.74 bits per heavy atom. The quantitative estimate of drug-likeness (QED) is 0.256. The van der Waals surface area contributed by atoms with Gasteiger partial charge in [-0.2, -0.15) is 0 Å². The molecule has 1 heterocycles. The van der Waals surface area contributed by atoms with Crippen LogP contribution in [0.25, 0.3) is 0 Å². The maximum atomic E-state index is 13.1. The topological polar surface area (TPSA) is 197 Å². The van der Waals surface area contributed by atoms with E-state index < -0.39 is 36.5 Å². The maximum Gasteiger partial charge on any atom is 0.202 e. The zero-order chi connectivity index (χ0) is 27.9. The molecule has 7 N–H and O–H groups in total. The highest BCUT2D eigenvalue weighted by atomic mass is 16.6. The lowest BCUT2D eigenvalue weighted by molar-refractivity contribution is -0.198. The fraction of sp³-hybridized carbons (Fsp3) is 0.444. The Morgan fingerprint density at radius 1 is 1.08 bits per heavy atom. The predicted molar refractivity (Wildman–Crippen MR) is 132 cm³/mol. The Hall–Kier alpha value is -3.35. The van der Waals surface area contributed by atoms with E-state index in [0.717, 1.165) is 0 Å². The number of benzene rings is 2. The minimum Gasteiger partial charge on any atom is -0.507 e. The number of hydrogen-bond acceptors (Lipinski definition) is 11. The van der Waals surface area contributed by atoms with Crippen molar-refractivity contribution in [3.8, 4) is 17.2 Å². The van der Waals surface area contributed by atoms with Crippen molar-refractivity contribution in [2.45, 2.75) is 57.1 Å². The summed E-state index contributed by atoms with van der Waals surface area (Å²) in [6.07, 6.45) is -0.798. The van der Waals surface area contributed by atoms with Crippen LogP contribution in [-0.2, 0) is 22.4 Å². The van der Waals surface area contributed by atoms with Gasteiger partial charge in [-0.1, -0.05) is 12.1 Å². The van der Waals surface area contributed by atoms with E-state index in [1.54, 1.807) is 19.1 Å². The number of nitrogens with two attached hydrogens (primary N) is 1. The second kappa shape index (κ2) is 10.8. The number of aromatic hydroxyl groups is 2. The van der Waals surface area contributed by atoms with Crippen LogP contribution in [0.5, 0.6) is 17.2 Å². The largest absolute Gasteiger partial charge is 0.507 e. The summed E-state index contributed by atoms with van der Waals surface area (Å²) in [5, 5.41) is 48.9. The standard InChI is InChI=1S/C21H18O7.C6H13NO3/c1-28-14-4-2-3-11-15(14)21(27)17-16(19(11)25)20(26)12-7-9(13(23)8-22)5-6-10(12)18(17)24;1-3-6(9)4(7)2-5(8)10-3/h2-4,9,22,24,26H,5-8H2,1H3;3-6,8-9H,2,7H2,1H3/t;3?,4-,5?,6?/m.0/s1. The van der Waals surface area contributed by atoms with Crippen molar-refractivity contribution < 1.29 is 49.4 Å². The number of fused-ring (bicyclic) bond motifs is 3. The summed E-state index contributed by atoms with van der Waals surface area (Å²) in [7, 11) is 1.38. The van der Waals surface area contributed by atoms with Crippen molar-refractivity contribution in [2.24, 2.45) is 11.7 Å². The van der Waals surface area contributed by atoms with E-state index >= 15 is 0 Å². The molecule has 5 rings (SSSR count). The normalized spacial score (nSPS) is 25.9. The van der Waals surface area contributed by atoms with Crippen LogP contribution in [0.15, 0.2) is 18.2 Å². The van der Waals surface area contributed by atoms with Gasteiger partial charge in [0.25, 0.3) is 0 Å². The second-order valence-electron chi connectivity index (χ2n) is 9.70. The van der Waals surface area contributed by atoms with Crippen LogP contribution in [0.3, 0.4) is 0 Å². The van der Waals surface area contributed by atoms with Crippen molar-refractivity contribution in [3.63, 3.8) is 0 Å². The molecule has 0 aromatic heterocycles. The Bertz CT molecular complexity index is 1280.